The van der Waals surface area contributed by atoms with Crippen molar-refractivity contribution in [2.75, 3.05) is 0 Å². The number of nitrogens with one attached hydrogen (secondary N) is 1. The number of nitrogens with zero attached hydrogens (tertiary/aromatic N) is 2. The largest absolute Gasteiger partial charge is 0.358 e. The first-order chi connectivity index (χ1) is 8.22. The van der Waals surface area contributed by atoms with Crippen molar-refractivity contribution in [3.8, 4) is 0 Å². The van der Waals surface area contributed by atoms with E-state index in [1.807, 2.05) is 23.2 Å². The molecule has 0 aliphatic heterocycles. The minimum Gasteiger partial charge on any atom is -0.358 e. The monoisotopic (exact) mass is 267 g/mol. The second-order valence-corrected chi connectivity index (χ2v) is 6.40. The predicted molar refractivity (Wildman–Crippen MR) is 73.8 cm³/mol. The molecule has 3 nitrogen and oxygen atoms in total. The molecule has 3 rings (SSSR count). The Morgan fingerprint density at radius 3 is 3.00 bits per heavy atom. The van der Waals surface area contributed by atoms with E-state index in [0.717, 1.165) is 16.6 Å². The Morgan fingerprint density at radius 2 is 2.41 bits per heavy atom. The average molecular weight is 267 g/mol. The van der Waals surface area contributed by atoms with Crippen LogP contribution < -0.4 is 10.1 Å². The number of fused-ring (bicyclic) bond motifs is 2. The van der Waals surface area contributed by atoms with Crippen molar-refractivity contribution in [1.82, 2.24) is 9.88 Å². The lowest BCUT2D eigenvalue weighted by molar-refractivity contribution is 0.391. The molecule has 3 unspecified atom stereocenters. The van der Waals surface area contributed by atoms with Crippen LogP contribution in [0.5, 0.6) is 0 Å². The summed E-state index contributed by atoms with van der Waals surface area (Å²) in [5, 5.41) is 6.11. The summed E-state index contributed by atoms with van der Waals surface area (Å²) < 4.78 is 2.00. The molecule has 2 aliphatic carbocycles. The van der Waals surface area contributed by atoms with Gasteiger partial charge in [0.25, 0.3) is 0 Å². The van der Waals surface area contributed by atoms with Gasteiger partial charge in [0.1, 0.15) is 0 Å². The van der Waals surface area contributed by atoms with E-state index >= 15 is 0 Å². The summed E-state index contributed by atoms with van der Waals surface area (Å²) in [5.74, 6) is 1.78. The fourth-order valence-corrected chi connectivity index (χ4v) is 4.17. The van der Waals surface area contributed by atoms with E-state index in [-0.39, 0.29) is 0 Å². The second kappa shape index (κ2) is 4.53. The maximum Gasteiger partial charge on any atom is 0.195 e. The molecule has 17 heavy (non-hydrogen) atoms. The summed E-state index contributed by atoms with van der Waals surface area (Å²) in [6.45, 7) is 0. The van der Waals surface area contributed by atoms with E-state index in [0.29, 0.717) is 11.2 Å². The van der Waals surface area contributed by atoms with Crippen molar-refractivity contribution in [2.45, 2.75) is 31.7 Å². The van der Waals surface area contributed by atoms with Crippen LogP contribution in [0, 0.1) is 11.8 Å². The van der Waals surface area contributed by atoms with Crippen molar-refractivity contribution >= 4 is 28.7 Å². The maximum absolute atomic E-state index is 5.33. The molecule has 0 spiro atoms. The third-order valence-electron chi connectivity index (χ3n) is 4.00. The fraction of sp³-hybridized carbons (Fsp3) is 0.667. The standard InChI is InChI=1S/C12H17N3S2/c1-15-4-5-17-12(15)14-11(16)13-10-7-8-2-3-9(10)6-8/h4-5,8-10H,2-3,6-7H2,1H3,(H,13,16). The molecule has 92 valence electrons. The molecule has 0 aromatic carbocycles. The van der Waals surface area contributed by atoms with Crippen molar-refractivity contribution in [3.63, 3.8) is 0 Å². The summed E-state index contributed by atoms with van der Waals surface area (Å²) >= 11 is 6.95. The number of rotatable bonds is 1. The van der Waals surface area contributed by atoms with Crippen LogP contribution in [0.2, 0.25) is 0 Å². The first-order valence-electron chi connectivity index (χ1n) is 6.18. The topological polar surface area (TPSA) is 29.3 Å². The highest BCUT2D eigenvalue weighted by molar-refractivity contribution is 7.80. The number of hydrogen-bond donors (Lipinski definition) is 1. The summed E-state index contributed by atoms with van der Waals surface area (Å²) in [4.78, 5) is 5.43. The van der Waals surface area contributed by atoms with Crippen LogP contribution in [-0.2, 0) is 7.05 Å². The van der Waals surface area contributed by atoms with Crippen molar-refractivity contribution in [2.24, 2.45) is 23.9 Å². The van der Waals surface area contributed by atoms with Gasteiger partial charge in [0.05, 0.1) is 0 Å². The van der Waals surface area contributed by atoms with E-state index < -0.39 is 0 Å². The van der Waals surface area contributed by atoms with Crippen LogP contribution in [0.3, 0.4) is 0 Å². The molecule has 2 fully saturated rings. The van der Waals surface area contributed by atoms with E-state index in [2.05, 4.69) is 10.3 Å². The first kappa shape index (κ1) is 11.4. The lowest BCUT2D eigenvalue weighted by Gasteiger charge is -2.22. The highest BCUT2D eigenvalue weighted by atomic mass is 32.1. The second-order valence-electron chi connectivity index (χ2n) is 5.14. The van der Waals surface area contributed by atoms with Gasteiger partial charge in [-0.05, 0) is 43.3 Å². The molecule has 0 radical (unpaired) electrons. The van der Waals surface area contributed by atoms with Crippen LogP contribution in [0.1, 0.15) is 25.7 Å². The summed E-state index contributed by atoms with van der Waals surface area (Å²) in [6.07, 6.45) is 7.48. The fourth-order valence-electron chi connectivity index (χ4n) is 3.13. The van der Waals surface area contributed by atoms with E-state index in [9.17, 15) is 0 Å². The Labute approximate surface area is 111 Å². The molecule has 1 aromatic heterocycles. The van der Waals surface area contributed by atoms with E-state index in [4.69, 9.17) is 12.2 Å². The zero-order chi connectivity index (χ0) is 11.8. The SMILES string of the molecule is Cn1ccsc1=NC(=S)NC1CC2CCC1C2. The molecule has 5 heteroatoms. The maximum atomic E-state index is 5.33. The first-order valence-corrected chi connectivity index (χ1v) is 7.46. The molecular weight excluding hydrogens is 250 g/mol. The summed E-state index contributed by atoms with van der Waals surface area (Å²) in [7, 11) is 2.00. The number of thiazole rings is 1. The smallest absolute Gasteiger partial charge is 0.195 e. The highest BCUT2D eigenvalue weighted by Crippen LogP contribution is 2.44. The van der Waals surface area contributed by atoms with Gasteiger partial charge < -0.3 is 9.88 Å². The third kappa shape index (κ3) is 2.31. The van der Waals surface area contributed by atoms with Crippen molar-refractivity contribution in [3.05, 3.63) is 16.4 Å². The Hall–Kier alpha value is -0.680. The Balaban J connectivity index is 1.67. The van der Waals surface area contributed by atoms with Crippen molar-refractivity contribution < 1.29 is 0 Å². The van der Waals surface area contributed by atoms with Gasteiger partial charge in [0.2, 0.25) is 0 Å². The zero-order valence-electron chi connectivity index (χ0n) is 9.93. The Kier molecular flexibility index (Phi) is 3.04. The summed E-state index contributed by atoms with van der Waals surface area (Å²) in [5.41, 5.74) is 0. The van der Waals surface area contributed by atoms with Crippen LogP contribution in [0.15, 0.2) is 16.6 Å². The lowest BCUT2D eigenvalue weighted by Crippen LogP contribution is -2.37. The van der Waals surface area contributed by atoms with E-state index in [1.54, 1.807) is 11.3 Å². The van der Waals surface area contributed by atoms with Gasteiger partial charge in [-0.15, -0.1) is 11.3 Å². The number of hydrogen-bond acceptors (Lipinski definition) is 2. The van der Waals surface area contributed by atoms with Gasteiger partial charge in [0, 0.05) is 24.7 Å². The van der Waals surface area contributed by atoms with Crippen LogP contribution >= 0.6 is 23.6 Å². The number of aromatic nitrogens is 1. The Bertz CT molecular complexity index is 488. The molecule has 1 N–H and O–H groups in total. The number of aryl methyl sites for hydroxylation is 1. The van der Waals surface area contributed by atoms with Crippen molar-refractivity contribution in [1.29, 1.82) is 0 Å². The zero-order valence-corrected chi connectivity index (χ0v) is 11.6. The summed E-state index contributed by atoms with van der Waals surface area (Å²) in [6, 6.07) is 0.579. The normalized spacial score (nSPS) is 32.1. The van der Waals surface area contributed by atoms with Gasteiger partial charge in [0.15, 0.2) is 9.91 Å². The van der Waals surface area contributed by atoms with Gasteiger partial charge in [-0.25, -0.2) is 0 Å². The van der Waals surface area contributed by atoms with Crippen LogP contribution in [0.25, 0.3) is 0 Å². The number of thiocarbonyl (C=S) groups is 1. The quantitative estimate of drug-likeness (QED) is 0.789. The van der Waals surface area contributed by atoms with Crippen LogP contribution in [-0.4, -0.2) is 15.7 Å². The molecule has 2 aliphatic rings. The molecule has 3 atom stereocenters. The molecular formula is C12H17N3S2. The van der Waals surface area contributed by atoms with Crippen LogP contribution in [0.4, 0.5) is 0 Å². The molecule has 2 saturated carbocycles. The average Bonchev–Trinajstić information content (AvgIpc) is 2.96. The lowest BCUT2D eigenvalue weighted by atomic mass is 9.96. The molecule has 0 saturated heterocycles. The Morgan fingerprint density at radius 1 is 1.53 bits per heavy atom. The van der Waals surface area contributed by atoms with E-state index in [1.165, 1.54) is 25.7 Å². The van der Waals surface area contributed by atoms with Gasteiger partial charge in [-0.2, -0.15) is 4.99 Å². The molecule has 0 amide bonds. The van der Waals surface area contributed by atoms with Gasteiger partial charge >= 0.3 is 0 Å². The molecule has 2 bridgehead atoms. The van der Waals surface area contributed by atoms with Gasteiger partial charge in [-0.1, -0.05) is 6.42 Å². The minimum atomic E-state index is 0.579. The third-order valence-corrected chi connectivity index (χ3v) is 5.06. The minimum absolute atomic E-state index is 0.579. The van der Waals surface area contributed by atoms with Gasteiger partial charge in [-0.3, -0.25) is 0 Å². The molecule has 1 aromatic rings. The highest BCUT2D eigenvalue weighted by Gasteiger charge is 2.39. The molecule has 1 heterocycles. The predicted octanol–water partition coefficient (Wildman–Crippen LogP) is 2.05.